The Bertz CT molecular complexity index is 645. The third-order valence-corrected chi connectivity index (χ3v) is 5.60. The maximum atomic E-state index is 12.1. The van der Waals surface area contributed by atoms with Crippen LogP contribution in [-0.2, 0) is 25.1 Å². The summed E-state index contributed by atoms with van der Waals surface area (Å²) in [6, 6.07) is 6.75. The number of carbonyl (C=O) groups excluding carboxylic acids is 1. The van der Waals surface area contributed by atoms with Gasteiger partial charge in [0.15, 0.2) is 9.84 Å². The van der Waals surface area contributed by atoms with Crippen molar-refractivity contribution in [2.24, 2.45) is 0 Å². The predicted molar refractivity (Wildman–Crippen MR) is 93.8 cm³/mol. The Morgan fingerprint density at radius 1 is 1.29 bits per heavy atom. The quantitative estimate of drug-likeness (QED) is 0.737. The molecule has 1 aromatic rings. The molecule has 0 unspecified atom stereocenters. The van der Waals surface area contributed by atoms with E-state index >= 15 is 0 Å². The van der Waals surface area contributed by atoms with E-state index in [1.54, 1.807) is 24.3 Å². The molecule has 0 aromatic heterocycles. The summed E-state index contributed by atoms with van der Waals surface area (Å²) in [5.74, 6) is -0.504. The standard InChI is InChI=1S/C16H23ClN2O4S/c17-15-3-1-2-14(12-15)13-24(21,22)11-4-16(20)18-5-6-19-7-9-23-10-8-19/h1-3,12H,4-11,13H2,(H,18,20). The molecule has 1 heterocycles. The summed E-state index contributed by atoms with van der Waals surface area (Å²) in [5.41, 5.74) is 0.634. The normalized spacial score (nSPS) is 16.0. The first-order valence-electron chi connectivity index (χ1n) is 7.96. The first-order valence-corrected chi connectivity index (χ1v) is 10.2. The summed E-state index contributed by atoms with van der Waals surface area (Å²) in [6.07, 6.45) is -0.0218. The van der Waals surface area contributed by atoms with Crippen molar-refractivity contribution in [1.29, 1.82) is 0 Å². The van der Waals surface area contributed by atoms with Gasteiger partial charge in [0.1, 0.15) is 0 Å². The van der Waals surface area contributed by atoms with Crippen LogP contribution in [0.5, 0.6) is 0 Å². The zero-order chi connectivity index (χ0) is 17.4. The first-order chi connectivity index (χ1) is 11.4. The van der Waals surface area contributed by atoms with Gasteiger partial charge in [0.25, 0.3) is 0 Å². The number of amides is 1. The topological polar surface area (TPSA) is 75.7 Å². The van der Waals surface area contributed by atoms with Gasteiger partial charge in [-0.1, -0.05) is 23.7 Å². The van der Waals surface area contributed by atoms with Gasteiger partial charge < -0.3 is 10.1 Å². The maximum Gasteiger partial charge on any atom is 0.221 e. The van der Waals surface area contributed by atoms with Gasteiger partial charge in [-0.15, -0.1) is 0 Å². The van der Waals surface area contributed by atoms with E-state index in [0.717, 1.165) is 32.8 Å². The second-order valence-electron chi connectivity index (χ2n) is 5.78. The number of ether oxygens (including phenoxy) is 1. The van der Waals surface area contributed by atoms with Crippen molar-refractivity contribution in [2.75, 3.05) is 45.1 Å². The molecule has 1 aliphatic rings. The third kappa shape index (κ3) is 7.17. The minimum absolute atomic E-state index is 0.0218. The van der Waals surface area contributed by atoms with Crippen molar-refractivity contribution < 1.29 is 17.9 Å². The summed E-state index contributed by atoms with van der Waals surface area (Å²) < 4.78 is 29.4. The molecular formula is C16H23ClN2O4S. The number of carbonyl (C=O) groups is 1. The van der Waals surface area contributed by atoms with Crippen LogP contribution >= 0.6 is 11.6 Å². The van der Waals surface area contributed by atoms with E-state index in [-0.39, 0.29) is 23.8 Å². The van der Waals surface area contributed by atoms with Crippen LogP contribution in [0.15, 0.2) is 24.3 Å². The van der Waals surface area contributed by atoms with E-state index in [1.807, 2.05) is 0 Å². The highest BCUT2D eigenvalue weighted by molar-refractivity contribution is 7.90. The minimum atomic E-state index is -3.34. The van der Waals surface area contributed by atoms with Gasteiger partial charge in [0.2, 0.25) is 5.91 Å². The van der Waals surface area contributed by atoms with E-state index in [1.165, 1.54) is 0 Å². The third-order valence-electron chi connectivity index (χ3n) is 3.77. The SMILES string of the molecule is O=C(CCS(=O)(=O)Cc1cccc(Cl)c1)NCCN1CCOCC1. The second-order valence-corrected chi connectivity index (χ2v) is 8.40. The molecule has 0 aliphatic carbocycles. The van der Waals surface area contributed by atoms with E-state index in [0.29, 0.717) is 17.1 Å². The summed E-state index contributed by atoms with van der Waals surface area (Å²) >= 11 is 5.85. The van der Waals surface area contributed by atoms with Gasteiger partial charge in [-0.25, -0.2) is 8.42 Å². The van der Waals surface area contributed by atoms with Crippen LogP contribution in [0.1, 0.15) is 12.0 Å². The second kappa shape index (κ2) is 9.36. The molecule has 0 radical (unpaired) electrons. The van der Waals surface area contributed by atoms with E-state index < -0.39 is 9.84 Å². The molecule has 0 bridgehead atoms. The predicted octanol–water partition coefficient (Wildman–Crippen LogP) is 1.09. The van der Waals surface area contributed by atoms with Crippen molar-refractivity contribution in [2.45, 2.75) is 12.2 Å². The fourth-order valence-corrected chi connectivity index (χ4v) is 4.01. The number of nitrogens with zero attached hydrogens (tertiary/aromatic N) is 1. The molecule has 134 valence electrons. The van der Waals surface area contributed by atoms with Gasteiger partial charge in [-0.2, -0.15) is 0 Å². The average Bonchev–Trinajstić information content (AvgIpc) is 2.54. The summed E-state index contributed by atoms with van der Waals surface area (Å²) in [4.78, 5) is 14.0. The number of morpholine rings is 1. The fourth-order valence-electron chi connectivity index (χ4n) is 2.47. The number of halogens is 1. The molecule has 8 heteroatoms. The molecule has 1 aliphatic heterocycles. The molecule has 1 aromatic carbocycles. The lowest BCUT2D eigenvalue weighted by atomic mass is 10.2. The molecule has 0 atom stereocenters. The number of hydrogen-bond acceptors (Lipinski definition) is 5. The lowest BCUT2D eigenvalue weighted by Crippen LogP contribution is -2.41. The highest BCUT2D eigenvalue weighted by Gasteiger charge is 2.15. The molecule has 2 rings (SSSR count). The molecule has 24 heavy (non-hydrogen) atoms. The molecule has 1 N–H and O–H groups in total. The average molecular weight is 375 g/mol. The molecule has 1 amide bonds. The maximum absolute atomic E-state index is 12.1. The Kier molecular flexibility index (Phi) is 7.48. The Hall–Kier alpha value is -1.15. The minimum Gasteiger partial charge on any atom is -0.379 e. The lowest BCUT2D eigenvalue weighted by Gasteiger charge is -2.26. The molecule has 1 fully saturated rings. The van der Waals surface area contributed by atoms with Crippen molar-refractivity contribution in [1.82, 2.24) is 10.2 Å². The fraction of sp³-hybridized carbons (Fsp3) is 0.562. The zero-order valence-electron chi connectivity index (χ0n) is 13.5. The van der Waals surface area contributed by atoms with Gasteiger partial charge in [-0.3, -0.25) is 9.69 Å². The number of sulfone groups is 1. The van der Waals surface area contributed by atoms with Gasteiger partial charge in [0.05, 0.1) is 24.7 Å². The molecule has 6 nitrogen and oxygen atoms in total. The van der Waals surface area contributed by atoms with E-state index in [4.69, 9.17) is 16.3 Å². The van der Waals surface area contributed by atoms with Gasteiger partial charge in [0, 0.05) is 37.6 Å². The number of rotatable bonds is 8. The monoisotopic (exact) mass is 374 g/mol. The largest absolute Gasteiger partial charge is 0.379 e. The van der Waals surface area contributed by atoms with Crippen LogP contribution in [0.3, 0.4) is 0 Å². The molecular weight excluding hydrogens is 352 g/mol. The number of nitrogens with one attached hydrogen (secondary N) is 1. The van der Waals surface area contributed by atoms with Crippen molar-refractivity contribution in [3.05, 3.63) is 34.9 Å². The highest BCUT2D eigenvalue weighted by atomic mass is 35.5. The molecule has 0 spiro atoms. The van der Waals surface area contributed by atoms with Crippen LogP contribution in [-0.4, -0.2) is 64.4 Å². The van der Waals surface area contributed by atoms with Crippen LogP contribution in [0, 0.1) is 0 Å². The lowest BCUT2D eigenvalue weighted by molar-refractivity contribution is -0.120. The van der Waals surface area contributed by atoms with Crippen LogP contribution in [0.4, 0.5) is 0 Å². The van der Waals surface area contributed by atoms with E-state index in [9.17, 15) is 13.2 Å². The smallest absolute Gasteiger partial charge is 0.221 e. The van der Waals surface area contributed by atoms with Crippen molar-refractivity contribution >= 4 is 27.3 Å². The number of benzene rings is 1. The molecule has 0 saturated carbocycles. The summed E-state index contributed by atoms with van der Waals surface area (Å²) in [7, 11) is -3.34. The van der Waals surface area contributed by atoms with Gasteiger partial charge in [-0.05, 0) is 17.7 Å². The molecule has 1 saturated heterocycles. The van der Waals surface area contributed by atoms with E-state index in [2.05, 4.69) is 10.2 Å². The number of hydrogen-bond donors (Lipinski definition) is 1. The summed E-state index contributed by atoms with van der Waals surface area (Å²) in [5, 5.41) is 3.27. The van der Waals surface area contributed by atoms with Crippen LogP contribution < -0.4 is 5.32 Å². The first kappa shape index (κ1) is 19.2. The highest BCUT2D eigenvalue weighted by Crippen LogP contribution is 2.14. The zero-order valence-corrected chi connectivity index (χ0v) is 15.1. The summed E-state index contributed by atoms with van der Waals surface area (Å²) in [6.45, 7) is 4.44. The van der Waals surface area contributed by atoms with Crippen LogP contribution in [0.2, 0.25) is 5.02 Å². The Morgan fingerprint density at radius 2 is 2.04 bits per heavy atom. The Balaban J connectivity index is 1.68. The Morgan fingerprint density at radius 3 is 2.75 bits per heavy atom. The van der Waals surface area contributed by atoms with Gasteiger partial charge >= 0.3 is 0 Å². The Labute approximate surface area is 148 Å². The van der Waals surface area contributed by atoms with Crippen LogP contribution in [0.25, 0.3) is 0 Å². The van der Waals surface area contributed by atoms with Crippen molar-refractivity contribution in [3.63, 3.8) is 0 Å². The van der Waals surface area contributed by atoms with Crippen molar-refractivity contribution in [3.8, 4) is 0 Å².